The van der Waals surface area contributed by atoms with Crippen molar-refractivity contribution in [3.63, 3.8) is 0 Å². The van der Waals surface area contributed by atoms with Crippen LogP contribution >= 0.6 is 15.2 Å². The number of nitrogens with zero attached hydrogens (tertiary/aromatic N) is 4. The van der Waals surface area contributed by atoms with Gasteiger partial charge in [0.15, 0.2) is 11.2 Å². The van der Waals surface area contributed by atoms with Gasteiger partial charge in [-0.3, -0.25) is 18.8 Å². The van der Waals surface area contributed by atoms with Crippen LogP contribution in [0.4, 0.5) is 0 Å². The van der Waals surface area contributed by atoms with Gasteiger partial charge in [-0.15, -0.1) is 0 Å². The van der Waals surface area contributed by atoms with Crippen molar-refractivity contribution in [3.05, 3.63) is 23.0 Å². The van der Waals surface area contributed by atoms with E-state index in [9.17, 15) is 23.7 Å². The number of hydrogen-bond donors (Lipinski definition) is 5. The molecule has 2 aromatic rings. The third kappa shape index (κ3) is 4.58. The van der Waals surface area contributed by atoms with E-state index in [1.807, 2.05) is 0 Å². The second-order valence-corrected chi connectivity index (χ2v) is 8.72. The van der Waals surface area contributed by atoms with Crippen molar-refractivity contribution in [2.45, 2.75) is 19.3 Å². The van der Waals surface area contributed by atoms with Gasteiger partial charge in [-0.05, 0) is 6.92 Å². The molecule has 0 fully saturated rings. The highest BCUT2D eigenvalue weighted by molar-refractivity contribution is 7.53. The van der Waals surface area contributed by atoms with Crippen molar-refractivity contribution >= 4 is 26.4 Å². The summed E-state index contributed by atoms with van der Waals surface area (Å²) in [5.41, 5.74) is -0.0739. The molecule has 0 saturated heterocycles. The van der Waals surface area contributed by atoms with E-state index in [1.165, 1.54) is 24.1 Å². The minimum Gasteiger partial charge on any atom is -0.324 e. The van der Waals surface area contributed by atoms with E-state index in [0.29, 0.717) is 0 Å². The second kappa shape index (κ2) is 6.85. The lowest BCUT2D eigenvalue weighted by molar-refractivity contribution is 0.226. The topological polar surface area (TPSA) is 182 Å². The van der Waals surface area contributed by atoms with E-state index >= 15 is 0 Å². The van der Waals surface area contributed by atoms with E-state index in [-0.39, 0.29) is 24.3 Å². The van der Waals surface area contributed by atoms with Crippen molar-refractivity contribution in [2.75, 3.05) is 12.8 Å². The van der Waals surface area contributed by atoms with Gasteiger partial charge in [0, 0.05) is 13.1 Å². The van der Waals surface area contributed by atoms with Crippen LogP contribution in [0.15, 0.2) is 17.4 Å². The first kappa shape index (κ1) is 18.9. The predicted molar refractivity (Wildman–Crippen MR) is 83.3 cm³/mol. The van der Waals surface area contributed by atoms with Crippen molar-refractivity contribution in [2.24, 2.45) is 0 Å². The highest BCUT2D eigenvalue weighted by Crippen LogP contribution is 2.46. The van der Waals surface area contributed by atoms with E-state index in [0.717, 1.165) is 4.90 Å². The van der Waals surface area contributed by atoms with Crippen molar-refractivity contribution in [1.29, 1.82) is 0 Å². The molecule has 2 heterocycles. The molecule has 14 heteroatoms. The summed E-state index contributed by atoms with van der Waals surface area (Å²) in [5.74, 6) is -1.38. The molecule has 134 valence electrons. The van der Waals surface area contributed by atoms with Gasteiger partial charge in [-0.25, -0.2) is 9.97 Å². The highest BCUT2D eigenvalue weighted by atomic mass is 31.2. The third-order valence-corrected chi connectivity index (χ3v) is 5.45. The zero-order valence-corrected chi connectivity index (χ0v) is 14.3. The molecule has 0 aliphatic carbocycles. The van der Waals surface area contributed by atoms with E-state index in [4.69, 9.17) is 9.79 Å². The minimum atomic E-state index is -4.57. The van der Waals surface area contributed by atoms with Crippen LogP contribution in [0.1, 0.15) is 6.92 Å². The summed E-state index contributed by atoms with van der Waals surface area (Å²) in [6.07, 6.45) is 1.71. The zero-order chi connectivity index (χ0) is 18.1. The Hall–Kier alpha value is -1.39. The fraction of sp³-hybridized carbons (Fsp3) is 0.500. The van der Waals surface area contributed by atoms with Crippen molar-refractivity contribution in [1.82, 2.24) is 24.4 Å². The summed E-state index contributed by atoms with van der Waals surface area (Å²) in [6, 6.07) is 0. The molecule has 1 atom stereocenters. The maximum atomic E-state index is 11.6. The molecular formula is C10H17N5O7P2. The van der Waals surface area contributed by atoms with Gasteiger partial charge in [0.1, 0.15) is 12.1 Å². The maximum Gasteiger partial charge on any atom is 0.342 e. The molecule has 5 N–H and O–H groups in total. The summed E-state index contributed by atoms with van der Waals surface area (Å²) in [5, 5.41) is 0. The SMILES string of the molecule is CC(N(CCn1cnc2c(=O)[nH]cnc21)CP(=O)(O)O)P(=O)(O)O. The smallest absolute Gasteiger partial charge is 0.324 e. The summed E-state index contributed by atoms with van der Waals surface area (Å²) < 4.78 is 24.1. The lowest BCUT2D eigenvalue weighted by Gasteiger charge is -2.29. The maximum absolute atomic E-state index is 11.6. The lowest BCUT2D eigenvalue weighted by atomic mass is 10.5. The molecule has 0 bridgehead atoms. The van der Waals surface area contributed by atoms with E-state index in [2.05, 4.69) is 15.0 Å². The minimum absolute atomic E-state index is 0.0806. The molecule has 0 saturated carbocycles. The lowest BCUT2D eigenvalue weighted by Crippen LogP contribution is -2.36. The summed E-state index contributed by atoms with van der Waals surface area (Å²) in [7, 11) is -9.09. The number of imidazole rings is 1. The Bertz CT molecular complexity index is 868. The first-order valence-corrected chi connectivity index (χ1v) is 10.2. The van der Waals surface area contributed by atoms with Crippen molar-refractivity contribution in [3.8, 4) is 0 Å². The summed E-state index contributed by atoms with van der Waals surface area (Å²) in [6.45, 7) is 1.18. The third-order valence-electron chi connectivity index (χ3n) is 3.42. The fourth-order valence-corrected chi connectivity index (χ4v) is 3.73. The number of nitrogens with one attached hydrogen (secondary N) is 1. The van der Waals surface area contributed by atoms with Crippen LogP contribution in [0.2, 0.25) is 0 Å². The molecule has 2 rings (SSSR count). The van der Waals surface area contributed by atoms with Crippen LogP contribution in [-0.2, 0) is 15.7 Å². The Morgan fingerprint density at radius 2 is 1.96 bits per heavy atom. The number of aromatic nitrogens is 4. The van der Waals surface area contributed by atoms with Crippen LogP contribution in [0.5, 0.6) is 0 Å². The van der Waals surface area contributed by atoms with E-state index in [1.54, 1.807) is 0 Å². The average Bonchev–Trinajstić information content (AvgIpc) is 2.85. The fourth-order valence-electron chi connectivity index (χ4n) is 2.12. The van der Waals surface area contributed by atoms with Gasteiger partial charge >= 0.3 is 15.2 Å². The molecule has 0 aliphatic heterocycles. The number of rotatable bonds is 7. The average molecular weight is 381 g/mol. The first-order valence-electron chi connectivity index (χ1n) is 6.71. The Labute approximate surface area is 135 Å². The molecule has 12 nitrogen and oxygen atoms in total. The largest absolute Gasteiger partial charge is 0.342 e. The first-order chi connectivity index (χ1) is 11.0. The number of aromatic amines is 1. The molecule has 0 aliphatic rings. The summed E-state index contributed by atoms with van der Waals surface area (Å²) >= 11 is 0. The van der Waals surface area contributed by atoms with Gasteiger partial charge < -0.3 is 29.1 Å². The quantitative estimate of drug-likeness (QED) is 0.376. The van der Waals surface area contributed by atoms with Crippen LogP contribution < -0.4 is 5.56 Å². The van der Waals surface area contributed by atoms with Crippen LogP contribution in [0, 0.1) is 0 Å². The van der Waals surface area contributed by atoms with Crippen LogP contribution in [0.25, 0.3) is 11.2 Å². The molecule has 2 aromatic heterocycles. The molecule has 0 amide bonds. The zero-order valence-electron chi connectivity index (χ0n) is 12.6. The summed E-state index contributed by atoms with van der Waals surface area (Å²) in [4.78, 5) is 59.5. The molecule has 0 radical (unpaired) electrons. The molecule has 0 aromatic carbocycles. The van der Waals surface area contributed by atoms with Crippen molar-refractivity contribution < 1.29 is 28.7 Å². The predicted octanol–water partition coefficient (Wildman–Crippen LogP) is -0.919. The monoisotopic (exact) mass is 381 g/mol. The van der Waals surface area contributed by atoms with E-state index < -0.39 is 32.8 Å². The Kier molecular flexibility index (Phi) is 5.41. The normalized spacial score (nSPS) is 14.4. The second-order valence-electron chi connectivity index (χ2n) is 5.18. The molecular weight excluding hydrogens is 364 g/mol. The van der Waals surface area contributed by atoms with Gasteiger partial charge in [0.2, 0.25) is 0 Å². The molecule has 24 heavy (non-hydrogen) atoms. The van der Waals surface area contributed by atoms with Crippen LogP contribution in [-0.4, -0.2) is 62.6 Å². The molecule has 1 unspecified atom stereocenters. The van der Waals surface area contributed by atoms with Gasteiger partial charge in [-0.2, -0.15) is 0 Å². The highest BCUT2D eigenvalue weighted by Gasteiger charge is 2.33. The standard InChI is InChI=1S/C10H17N5O7P2/c1-7(24(20,21)22)15(6-23(17,18)19)3-2-14-5-13-8-9(14)11-4-12-10(8)16/h4-5,7H,2-3,6H2,1H3,(H,11,12,16)(H2,17,18,19)(H2,20,21,22). The molecule has 0 spiro atoms. The number of fused-ring (bicyclic) bond motifs is 1. The Balaban J connectivity index is 2.23. The Morgan fingerprint density at radius 3 is 2.54 bits per heavy atom. The van der Waals surface area contributed by atoms with Gasteiger partial charge in [-0.1, -0.05) is 0 Å². The Morgan fingerprint density at radius 1 is 1.29 bits per heavy atom. The number of hydrogen-bond acceptors (Lipinski definition) is 6. The van der Waals surface area contributed by atoms with Crippen LogP contribution in [0.3, 0.4) is 0 Å². The van der Waals surface area contributed by atoms with Gasteiger partial charge in [0.25, 0.3) is 5.56 Å². The number of H-pyrrole nitrogens is 1. The van der Waals surface area contributed by atoms with Gasteiger partial charge in [0.05, 0.1) is 12.7 Å².